The van der Waals surface area contributed by atoms with Gasteiger partial charge in [-0.05, 0) is 29.8 Å². The van der Waals surface area contributed by atoms with Gasteiger partial charge >= 0.3 is 5.69 Å². The lowest BCUT2D eigenvalue weighted by atomic mass is 10.3. The van der Waals surface area contributed by atoms with Crippen molar-refractivity contribution in [3.8, 4) is 0 Å². The molecule has 0 fully saturated rings. The summed E-state index contributed by atoms with van der Waals surface area (Å²) in [6.45, 7) is -0.398. The van der Waals surface area contributed by atoms with Crippen LogP contribution in [0.1, 0.15) is 0 Å². The van der Waals surface area contributed by atoms with Gasteiger partial charge in [0, 0.05) is 19.1 Å². The van der Waals surface area contributed by atoms with E-state index in [0.717, 1.165) is 19.8 Å². The number of nitrogens with one attached hydrogen (secondary N) is 1. The number of hydrogen-bond donors (Lipinski definition) is 1. The molecule has 26 heavy (non-hydrogen) atoms. The zero-order chi connectivity index (χ0) is 19.2. The van der Waals surface area contributed by atoms with Gasteiger partial charge in [-0.3, -0.25) is 23.3 Å². The summed E-state index contributed by atoms with van der Waals surface area (Å²) < 4.78 is 17.0. The Labute approximate surface area is 155 Å². The number of benzene rings is 1. The number of fused-ring (bicyclic) bond motifs is 1. The minimum absolute atomic E-state index is 0.00803. The van der Waals surface area contributed by atoms with E-state index >= 15 is 0 Å². The van der Waals surface area contributed by atoms with E-state index in [1.165, 1.54) is 26.2 Å². The first kappa shape index (κ1) is 18.2. The predicted octanol–water partition coefficient (Wildman–Crippen LogP) is 1.52. The lowest BCUT2D eigenvalue weighted by molar-refractivity contribution is -0.116. The second kappa shape index (κ2) is 6.58. The van der Waals surface area contributed by atoms with Crippen LogP contribution >= 0.6 is 23.2 Å². The first-order chi connectivity index (χ1) is 12.2. The van der Waals surface area contributed by atoms with Crippen LogP contribution < -0.4 is 16.6 Å². The molecule has 0 radical (unpaired) electrons. The third kappa shape index (κ3) is 2.99. The fourth-order valence-corrected chi connectivity index (χ4v) is 2.87. The van der Waals surface area contributed by atoms with E-state index in [4.69, 9.17) is 23.2 Å². The molecule has 2 aromatic heterocycles. The highest BCUT2D eigenvalue weighted by Gasteiger charge is 2.20. The average molecular weight is 400 g/mol. The van der Waals surface area contributed by atoms with E-state index < -0.39 is 29.5 Å². The van der Waals surface area contributed by atoms with E-state index in [-0.39, 0.29) is 27.2 Å². The van der Waals surface area contributed by atoms with Gasteiger partial charge in [0.15, 0.2) is 11.2 Å². The van der Waals surface area contributed by atoms with Crippen LogP contribution in [0, 0.1) is 5.82 Å². The van der Waals surface area contributed by atoms with E-state index in [9.17, 15) is 18.8 Å². The molecule has 1 N–H and O–H groups in total. The number of amides is 1. The lowest BCUT2D eigenvalue weighted by Gasteiger charge is -2.09. The monoisotopic (exact) mass is 399 g/mol. The van der Waals surface area contributed by atoms with E-state index in [2.05, 4.69) is 10.3 Å². The molecule has 0 aliphatic carbocycles. The molecule has 3 rings (SSSR count). The Morgan fingerprint density at radius 2 is 1.92 bits per heavy atom. The zero-order valence-corrected chi connectivity index (χ0v) is 15.1. The number of anilines is 1. The molecule has 0 spiro atoms. The first-order valence-corrected chi connectivity index (χ1v) is 8.03. The Morgan fingerprint density at radius 1 is 1.23 bits per heavy atom. The van der Waals surface area contributed by atoms with Crippen LogP contribution in [0.4, 0.5) is 10.1 Å². The Hall–Kier alpha value is -2.65. The van der Waals surface area contributed by atoms with Gasteiger partial charge in [-0.1, -0.05) is 11.6 Å². The molecular weight excluding hydrogens is 388 g/mol. The highest BCUT2D eigenvalue weighted by molar-refractivity contribution is 6.30. The molecule has 0 aliphatic heterocycles. The SMILES string of the molecule is Cn1c(=O)c2c(nc(Cl)n2CC(=O)Nc2ccc(Cl)cc2F)n(C)c1=O. The smallest absolute Gasteiger partial charge is 0.322 e. The van der Waals surface area contributed by atoms with Crippen molar-refractivity contribution in [2.24, 2.45) is 14.1 Å². The van der Waals surface area contributed by atoms with Crippen LogP contribution in [-0.2, 0) is 25.4 Å². The van der Waals surface area contributed by atoms with E-state index in [1.807, 2.05) is 0 Å². The number of imidazole rings is 1. The van der Waals surface area contributed by atoms with Crippen molar-refractivity contribution >= 4 is 46.0 Å². The summed E-state index contributed by atoms with van der Waals surface area (Å²) in [7, 11) is 2.74. The fraction of sp³-hybridized carbons (Fsp3) is 0.200. The van der Waals surface area contributed by atoms with Crippen molar-refractivity contribution in [2.75, 3.05) is 5.32 Å². The summed E-state index contributed by atoms with van der Waals surface area (Å²) >= 11 is 11.7. The maximum atomic E-state index is 13.8. The Kier molecular flexibility index (Phi) is 4.59. The zero-order valence-electron chi connectivity index (χ0n) is 13.6. The Balaban J connectivity index is 2.01. The van der Waals surface area contributed by atoms with Crippen molar-refractivity contribution in [3.05, 3.63) is 55.2 Å². The summed E-state index contributed by atoms with van der Waals surface area (Å²) in [5.74, 6) is -1.34. The van der Waals surface area contributed by atoms with Crippen LogP contribution in [0.5, 0.6) is 0 Å². The van der Waals surface area contributed by atoms with Crippen LogP contribution in [-0.4, -0.2) is 24.6 Å². The lowest BCUT2D eigenvalue weighted by Crippen LogP contribution is -2.37. The number of carbonyl (C=O) groups excluding carboxylic acids is 1. The average Bonchev–Trinajstić information content (AvgIpc) is 2.90. The largest absolute Gasteiger partial charge is 0.332 e. The number of aromatic nitrogens is 4. The van der Waals surface area contributed by atoms with Crippen molar-refractivity contribution in [1.82, 2.24) is 18.7 Å². The quantitative estimate of drug-likeness (QED) is 0.675. The van der Waals surface area contributed by atoms with E-state index in [1.54, 1.807) is 0 Å². The number of rotatable bonds is 3. The van der Waals surface area contributed by atoms with Gasteiger partial charge in [0.1, 0.15) is 12.4 Å². The van der Waals surface area contributed by atoms with Gasteiger partial charge in [0.05, 0.1) is 5.69 Å². The molecule has 0 unspecified atom stereocenters. The molecule has 0 aliphatic rings. The third-order valence-electron chi connectivity index (χ3n) is 3.81. The second-order valence-electron chi connectivity index (χ2n) is 5.52. The minimum Gasteiger partial charge on any atom is -0.322 e. The molecule has 1 amide bonds. The molecule has 8 nitrogen and oxygen atoms in total. The maximum Gasteiger partial charge on any atom is 0.332 e. The molecule has 136 valence electrons. The normalized spacial score (nSPS) is 11.1. The number of nitrogens with zero attached hydrogens (tertiary/aromatic N) is 4. The van der Waals surface area contributed by atoms with Crippen molar-refractivity contribution in [2.45, 2.75) is 6.54 Å². The van der Waals surface area contributed by atoms with E-state index in [0.29, 0.717) is 0 Å². The highest BCUT2D eigenvalue weighted by atomic mass is 35.5. The second-order valence-corrected chi connectivity index (χ2v) is 6.29. The van der Waals surface area contributed by atoms with Gasteiger partial charge < -0.3 is 5.32 Å². The number of halogens is 3. The molecule has 1 aromatic carbocycles. The van der Waals surface area contributed by atoms with Crippen LogP contribution in [0.3, 0.4) is 0 Å². The predicted molar refractivity (Wildman–Crippen MR) is 95.3 cm³/mol. The molecular formula is C15H12Cl2FN5O3. The summed E-state index contributed by atoms with van der Waals surface area (Å²) in [5, 5.41) is 2.41. The Bertz CT molecular complexity index is 1160. The van der Waals surface area contributed by atoms with Crippen LogP contribution in [0.25, 0.3) is 11.2 Å². The fourth-order valence-electron chi connectivity index (χ4n) is 2.49. The van der Waals surface area contributed by atoms with Gasteiger partial charge in [-0.25, -0.2) is 9.18 Å². The number of hydrogen-bond acceptors (Lipinski definition) is 4. The Morgan fingerprint density at radius 3 is 2.58 bits per heavy atom. The van der Waals surface area contributed by atoms with Crippen LogP contribution in [0.2, 0.25) is 10.3 Å². The number of carbonyl (C=O) groups is 1. The maximum absolute atomic E-state index is 13.8. The van der Waals surface area contributed by atoms with Gasteiger partial charge in [0.25, 0.3) is 5.56 Å². The molecule has 0 atom stereocenters. The molecule has 3 aromatic rings. The molecule has 0 saturated heterocycles. The van der Waals surface area contributed by atoms with Gasteiger partial charge in [-0.15, -0.1) is 0 Å². The summed E-state index contributed by atoms with van der Waals surface area (Å²) in [4.78, 5) is 40.6. The topological polar surface area (TPSA) is 90.9 Å². The van der Waals surface area contributed by atoms with Crippen LogP contribution in [0.15, 0.2) is 27.8 Å². The first-order valence-electron chi connectivity index (χ1n) is 7.27. The summed E-state index contributed by atoms with van der Waals surface area (Å²) in [6.07, 6.45) is 0. The van der Waals surface area contributed by atoms with Crippen molar-refractivity contribution in [1.29, 1.82) is 0 Å². The molecule has 0 bridgehead atoms. The van der Waals surface area contributed by atoms with Gasteiger partial charge in [-0.2, -0.15) is 4.98 Å². The highest BCUT2D eigenvalue weighted by Crippen LogP contribution is 2.20. The standard InChI is InChI=1S/C15H12Cl2FN5O3/c1-21-12-11(13(25)22(2)15(21)26)23(14(17)20-12)6-10(24)19-9-4-3-7(16)5-8(9)18/h3-5H,6H2,1-2H3,(H,19,24). The third-order valence-corrected chi connectivity index (χ3v) is 4.33. The molecule has 2 heterocycles. The molecule has 11 heteroatoms. The van der Waals surface area contributed by atoms with Crippen molar-refractivity contribution < 1.29 is 9.18 Å². The molecule has 0 saturated carbocycles. The summed E-state index contributed by atoms with van der Waals surface area (Å²) in [5.41, 5.74) is -1.25. The van der Waals surface area contributed by atoms with Crippen molar-refractivity contribution in [3.63, 3.8) is 0 Å². The summed E-state index contributed by atoms with van der Waals surface area (Å²) in [6, 6.07) is 3.79. The minimum atomic E-state index is -0.703. The number of aryl methyl sites for hydroxylation is 1. The van der Waals surface area contributed by atoms with Gasteiger partial charge in [0.2, 0.25) is 11.2 Å².